The van der Waals surface area contributed by atoms with Crippen LogP contribution in [-0.2, 0) is 14.3 Å². The van der Waals surface area contributed by atoms with Crippen molar-refractivity contribution in [1.29, 1.82) is 0 Å². The molecule has 5 atom stereocenters. The number of halogens is 1. The van der Waals surface area contributed by atoms with Gasteiger partial charge in [0.1, 0.15) is 11.9 Å². The molecule has 1 saturated heterocycles. The summed E-state index contributed by atoms with van der Waals surface area (Å²) in [6.07, 6.45) is 1.60. The predicted octanol–water partition coefficient (Wildman–Crippen LogP) is 3.21. The van der Waals surface area contributed by atoms with Crippen molar-refractivity contribution in [2.45, 2.75) is 18.9 Å². The van der Waals surface area contributed by atoms with Gasteiger partial charge in [0.25, 0.3) is 5.91 Å². The number of hydrogen-bond donors (Lipinski definition) is 2. The van der Waals surface area contributed by atoms with E-state index in [-0.39, 0.29) is 53.4 Å². The Balaban J connectivity index is 1.29. The molecule has 3 fully saturated rings. The number of fused-ring (bicyclic) bond motifs is 1. The number of anilines is 2. The first-order valence-electron chi connectivity index (χ1n) is 9.68. The molecule has 148 valence electrons. The monoisotopic (exact) mass is 394 g/mol. The number of nitrogens with one attached hydrogen (secondary N) is 2. The topological polar surface area (TPSA) is 84.5 Å². The second-order valence-electron chi connectivity index (χ2n) is 7.95. The van der Waals surface area contributed by atoms with Crippen molar-refractivity contribution in [3.63, 3.8) is 0 Å². The normalized spacial score (nSPS) is 28.9. The van der Waals surface area contributed by atoms with Gasteiger partial charge in [-0.3, -0.25) is 14.4 Å². The van der Waals surface area contributed by atoms with Gasteiger partial charge in [0.05, 0.1) is 11.8 Å². The maximum absolute atomic E-state index is 13.0. The van der Waals surface area contributed by atoms with E-state index in [9.17, 15) is 18.8 Å². The second kappa shape index (κ2) is 6.69. The fraction of sp³-hybridized carbons (Fsp3) is 0.318. The molecule has 6 nitrogen and oxygen atoms in total. The minimum atomic E-state index is -0.384. The molecule has 2 aromatic carbocycles. The smallest absolute Gasteiger partial charge is 0.310 e. The molecule has 1 heterocycles. The van der Waals surface area contributed by atoms with E-state index in [4.69, 9.17) is 4.74 Å². The summed E-state index contributed by atoms with van der Waals surface area (Å²) < 4.78 is 18.4. The van der Waals surface area contributed by atoms with Gasteiger partial charge in [-0.2, -0.15) is 0 Å². The van der Waals surface area contributed by atoms with Gasteiger partial charge >= 0.3 is 5.97 Å². The third kappa shape index (κ3) is 3.06. The van der Waals surface area contributed by atoms with E-state index in [0.717, 1.165) is 12.8 Å². The highest BCUT2D eigenvalue weighted by molar-refractivity contribution is 6.05. The summed E-state index contributed by atoms with van der Waals surface area (Å²) in [6, 6.07) is 12.1. The molecule has 3 aliphatic rings. The van der Waals surface area contributed by atoms with E-state index < -0.39 is 0 Å². The Kier molecular flexibility index (Phi) is 4.12. The number of ether oxygens (including phenoxy) is 1. The molecule has 0 spiro atoms. The van der Waals surface area contributed by atoms with Gasteiger partial charge < -0.3 is 15.4 Å². The third-order valence-electron chi connectivity index (χ3n) is 6.28. The fourth-order valence-electron chi connectivity index (χ4n) is 5.06. The van der Waals surface area contributed by atoms with Gasteiger partial charge in [-0.05, 0) is 61.2 Å². The quantitative estimate of drug-likeness (QED) is 0.780. The zero-order chi connectivity index (χ0) is 20.1. The van der Waals surface area contributed by atoms with E-state index in [0.29, 0.717) is 16.9 Å². The highest BCUT2D eigenvalue weighted by atomic mass is 19.1. The van der Waals surface area contributed by atoms with Crippen molar-refractivity contribution < 1.29 is 23.5 Å². The Morgan fingerprint density at radius 1 is 1.00 bits per heavy atom. The molecule has 2 bridgehead atoms. The van der Waals surface area contributed by atoms with Gasteiger partial charge in [-0.25, -0.2) is 4.39 Å². The Hall–Kier alpha value is -3.22. The van der Waals surface area contributed by atoms with Crippen LogP contribution in [0.25, 0.3) is 0 Å². The molecular formula is C22H19FN2O4. The minimum Gasteiger partial charge on any atom is -0.462 e. The van der Waals surface area contributed by atoms with Crippen LogP contribution in [0.2, 0.25) is 0 Å². The van der Waals surface area contributed by atoms with Crippen molar-refractivity contribution in [3.05, 3.63) is 59.9 Å². The molecule has 2 N–H and O–H groups in total. The Morgan fingerprint density at radius 3 is 2.59 bits per heavy atom. The van der Waals surface area contributed by atoms with Crippen LogP contribution in [0, 0.1) is 29.5 Å². The molecular weight excluding hydrogens is 375 g/mol. The lowest BCUT2D eigenvalue weighted by atomic mass is 9.79. The predicted molar refractivity (Wildman–Crippen MR) is 102 cm³/mol. The fourth-order valence-corrected chi connectivity index (χ4v) is 5.06. The highest BCUT2D eigenvalue weighted by Gasteiger charge is 2.63. The first kappa shape index (κ1) is 17.8. The first-order chi connectivity index (χ1) is 14.0. The lowest BCUT2D eigenvalue weighted by Gasteiger charge is -2.23. The van der Waals surface area contributed by atoms with Crippen LogP contribution in [0.1, 0.15) is 23.2 Å². The molecule has 2 aliphatic carbocycles. The summed E-state index contributed by atoms with van der Waals surface area (Å²) in [4.78, 5) is 37.5. The molecule has 0 radical (unpaired) electrons. The maximum Gasteiger partial charge on any atom is 0.310 e. The van der Waals surface area contributed by atoms with Crippen molar-refractivity contribution in [3.8, 4) is 0 Å². The summed E-state index contributed by atoms with van der Waals surface area (Å²) in [5.41, 5.74) is 1.33. The van der Waals surface area contributed by atoms with Gasteiger partial charge in [0.2, 0.25) is 5.91 Å². The summed E-state index contributed by atoms with van der Waals surface area (Å²) in [5, 5.41) is 5.55. The van der Waals surface area contributed by atoms with Crippen LogP contribution in [0.3, 0.4) is 0 Å². The Bertz CT molecular complexity index is 1000. The first-order valence-corrected chi connectivity index (χ1v) is 9.68. The number of rotatable bonds is 4. The number of esters is 1. The number of benzene rings is 2. The number of carbonyl (C=O) groups excluding carboxylic acids is 3. The second-order valence-corrected chi connectivity index (χ2v) is 7.95. The Labute approximate surface area is 166 Å². The van der Waals surface area contributed by atoms with E-state index in [1.807, 2.05) is 0 Å². The minimum absolute atomic E-state index is 0.0139. The van der Waals surface area contributed by atoms with Crippen molar-refractivity contribution in [2.75, 3.05) is 10.6 Å². The average Bonchev–Trinajstić information content (AvgIpc) is 3.32. The van der Waals surface area contributed by atoms with E-state index in [2.05, 4.69) is 10.6 Å². The summed E-state index contributed by atoms with van der Waals surface area (Å²) in [5.74, 6) is -1.58. The molecule has 0 unspecified atom stereocenters. The largest absolute Gasteiger partial charge is 0.462 e. The SMILES string of the molecule is O=C(Nc1ccc(F)cc1)c1cccc(NC(=O)[C@@H]2[C@H]3C[C@@H]4[C@@H]2C(=O)O[C@@H]4C3)c1. The average molecular weight is 394 g/mol. The number of amides is 2. The van der Waals surface area contributed by atoms with E-state index in [1.165, 1.54) is 24.3 Å². The van der Waals surface area contributed by atoms with Crippen LogP contribution in [0.4, 0.5) is 15.8 Å². The highest BCUT2D eigenvalue weighted by Crippen LogP contribution is 2.57. The van der Waals surface area contributed by atoms with E-state index in [1.54, 1.807) is 24.3 Å². The lowest BCUT2D eigenvalue weighted by Crippen LogP contribution is -2.35. The third-order valence-corrected chi connectivity index (χ3v) is 6.28. The van der Waals surface area contributed by atoms with E-state index >= 15 is 0 Å². The molecule has 0 aromatic heterocycles. The van der Waals surface area contributed by atoms with Gasteiger partial charge in [-0.15, -0.1) is 0 Å². The molecule has 7 heteroatoms. The molecule has 2 amide bonds. The van der Waals surface area contributed by atoms with Gasteiger partial charge in [-0.1, -0.05) is 6.07 Å². The number of hydrogen-bond acceptors (Lipinski definition) is 4. The van der Waals surface area contributed by atoms with Crippen LogP contribution in [-0.4, -0.2) is 23.9 Å². The molecule has 2 aromatic rings. The summed E-state index contributed by atoms with van der Waals surface area (Å²) in [7, 11) is 0. The van der Waals surface area contributed by atoms with Crippen molar-refractivity contribution in [2.24, 2.45) is 23.7 Å². The molecule has 29 heavy (non-hydrogen) atoms. The van der Waals surface area contributed by atoms with Crippen molar-refractivity contribution >= 4 is 29.2 Å². The molecule has 2 saturated carbocycles. The van der Waals surface area contributed by atoms with Crippen LogP contribution in [0.5, 0.6) is 0 Å². The molecule has 1 aliphatic heterocycles. The summed E-state index contributed by atoms with van der Waals surface area (Å²) in [6.45, 7) is 0. The zero-order valence-electron chi connectivity index (χ0n) is 15.4. The summed E-state index contributed by atoms with van der Waals surface area (Å²) >= 11 is 0. The maximum atomic E-state index is 13.0. The van der Waals surface area contributed by atoms with Crippen LogP contribution >= 0.6 is 0 Å². The number of carbonyl (C=O) groups is 3. The Morgan fingerprint density at radius 2 is 1.79 bits per heavy atom. The standard InChI is InChI=1S/C22H19FN2O4/c23-13-4-6-14(7-5-13)24-20(26)11-2-1-3-15(8-11)25-21(27)18-12-9-16-17(10-12)29-22(28)19(16)18/h1-8,12,16-19H,9-10H2,(H,24,26)(H,25,27)/t12-,16-,17+,18+,19-/m0/s1. The van der Waals surface area contributed by atoms with Gasteiger partial charge in [0, 0.05) is 22.9 Å². The van der Waals surface area contributed by atoms with Crippen LogP contribution < -0.4 is 10.6 Å². The van der Waals surface area contributed by atoms with Crippen molar-refractivity contribution in [1.82, 2.24) is 0 Å². The zero-order valence-corrected chi connectivity index (χ0v) is 15.4. The van der Waals surface area contributed by atoms with Crippen LogP contribution in [0.15, 0.2) is 48.5 Å². The molecule has 5 rings (SSSR count). The van der Waals surface area contributed by atoms with Gasteiger partial charge in [0.15, 0.2) is 0 Å². The lowest BCUT2D eigenvalue weighted by molar-refractivity contribution is -0.145.